The quantitative estimate of drug-likeness (QED) is 0.435. The Hall–Kier alpha value is -0.0400. The van der Waals surface area contributed by atoms with Gasteiger partial charge in [0.05, 0.1) is 26.2 Å². The van der Waals surface area contributed by atoms with Gasteiger partial charge in [-0.25, -0.2) is 0 Å². The molecule has 0 aromatic rings. The maximum Gasteiger partial charge on any atom is 0.0916 e. The highest BCUT2D eigenvalue weighted by Crippen LogP contribution is 2.47. The number of rotatable bonds is 0. The summed E-state index contributed by atoms with van der Waals surface area (Å²) in [6.45, 7) is 0. The average molecular weight is 223 g/mol. The highest BCUT2D eigenvalue weighted by molar-refractivity contribution is 4.89. The molecule has 3 rings (SSSR count). The predicted molar refractivity (Wildman–Crippen MR) is 68.2 cm³/mol. The van der Waals surface area contributed by atoms with E-state index >= 15 is 0 Å². The highest BCUT2D eigenvalue weighted by Gasteiger charge is 2.50. The van der Waals surface area contributed by atoms with Crippen molar-refractivity contribution >= 4 is 0 Å². The summed E-state index contributed by atoms with van der Waals surface area (Å²) >= 11 is 0. The third kappa shape index (κ3) is 1.63. The fourth-order valence-electron chi connectivity index (χ4n) is 5.31. The second-order valence-corrected chi connectivity index (χ2v) is 7.09. The molecule has 0 aromatic heterocycles. The molecule has 3 fully saturated rings. The molecule has 2 saturated carbocycles. The molecule has 16 heavy (non-hydrogen) atoms. The zero-order chi connectivity index (χ0) is 11.2. The summed E-state index contributed by atoms with van der Waals surface area (Å²) in [5.41, 5.74) is 0. The van der Waals surface area contributed by atoms with Gasteiger partial charge in [-0.2, -0.15) is 0 Å². The van der Waals surface area contributed by atoms with Gasteiger partial charge in [0.25, 0.3) is 0 Å². The molecule has 1 heteroatoms. The lowest BCUT2D eigenvalue weighted by Gasteiger charge is -2.57. The molecule has 1 saturated heterocycles. The van der Waals surface area contributed by atoms with E-state index in [-0.39, 0.29) is 0 Å². The SMILES string of the molecule is C[N+]1([13CH3])[C@@H]2CCCC[C@@H]2C[C@H]2CCCC[C@@H]21. The van der Waals surface area contributed by atoms with Crippen molar-refractivity contribution in [2.24, 2.45) is 11.8 Å². The van der Waals surface area contributed by atoms with Crippen molar-refractivity contribution in [3.05, 3.63) is 0 Å². The Morgan fingerprint density at radius 1 is 0.688 bits per heavy atom. The first-order valence-electron chi connectivity index (χ1n) is 7.53. The van der Waals surface area contributed by atoms with Gasteiger partial charge < -0.3 is 4.48 Å². The van der Waals surface area contributed by atoms with Crippen molar-refractivity contribution in [3.8, 4) is 0 Å². The smallest absolute Gasteiger partial charge is 0.0916 e. The van der Waals surface area contributed by atoms with Crippen LogP contribution >= 0.6 is 0 Å². The Morgan fingerprint density at radius 3 is 1.62 bits per heavy atom. The van der Waals surface area contributed by atoms with Crippen LogP contribution in [0.2, 0.25) is 0 Å². The van der Waals surface area contributed by atoms with Gasteiger partial charge in [0, 0.05) is 11.8 Å². The van der Waals surface area contributed by atoms with E-state index in [0.29, 0.717) is 0 Å². The number of likely N-dealkylation sites (tertiary alicyclic amines) is 1. The number of piperidine rings is 1. The summed E-state index contributed by atoms with van der Waals surface area (Å²) in [5, 5.41) is 0. The Kier molecular flexibility index (Phi) is 2.78. The first-order chi connectivity index (χ1) is 7.69. The summed E-state index contributed by atoms with van der Waals surface area (Å²) in [4.78, 5) is 0. The van der Waals surface area contributed by atoms with Gasteiger partial charge in [-0.3, -0.25) is 0 Å². The van der Waals surface area contributed by atoms with Gasteiger partial charge in [-0.15, -0.1) is 0 Å². The maximum atomic E-state index is 2.55. The fourth-order valence-corrected chi connectivity index (χ4v) is 5.31. The summed E-state index contributed by atoms with van der Waals surface area (Å²) in [7, 11) is 5.09. The molecule has 0 spiro atoms. The topological polar surface area (TPSA) is 0 Å². The minimum Gasteiger partial charge on any atom is -0.323 e. The van der Waals surface area contributed by atoms with Crippen molar-refractivity contribution in [1.29, 1.82) is 0 Å². The normalized spacial score (nSPS) is 52.9. The Balaban J connectivity index is 1.85. The molecule has 1 heterocycles. The molecule has 0 amide bonds. The van der Waals surface area contributed by atoms with E-state index in [1.165, 1.54) is 55.8 Å². The zero-order valence-corrected chi connectivity index (χ0v) is 11.1. The predicted octanol–water partition coefficient (Wildman–Crippen LogP) is 3.58. The summed E-state index contributed by atoms with van der Waals surface area (Å²) in [6.07, 6.45) is 13.7. The van der Waals surface area contributed by atoms with Crippen LogP contribution in [0.5, 0.6) is 0 Å². The molecular weight excluding hydrogens is 195 g/mol. The first kappa shape index (κ1) is 11.1. The molecule has 0 N–H and O–H groups in total. The van der Waals surface area contributed by atoms with Crippen LogP contribution in [0.4, 0.5) is 0 Å². The lowest BCUT2D eigenvalue weighted by Crippen LogP contribution is -2.65. The molecule has 1 nitrogen and oxygen atoms in total. The van der Waals surface area contributed by atoms with Crippen LogP contribution in [0.3, 0.4) is 0 Å². The molecule has 92 valence electrons. The number of nitrogens with zero attached hydrogens (tertiary/aromatic N) is 1. The van der Waals surface area contributed by atoms with Gasteiger partial charge in [-0.1, -0.05) is 12.8 Å². The zero-order valence-electron chi connectivity index (χ0n) is 11.1. The van der Waals surface area contributed by atoms with E-state index in [0.717, 1.165) is 23.9 Å². The molecule has 0 bridgehead atoms. The lowest BCUT2D eigenvalue weighted by atomic mass is 9.67. The van der Waals surface area contributed by atoms with E-state index in [1.54, 1.807) is 6.42 Å². The third-order valence-corrected chi connectivity index (χ3v) is 6.05. The molecule has 1 unspecified atom stereocenters. The second-order valence-electron chi connectivity index (χ2n) is 7.09. The highest BCUT2D eigenvalue weighted by atomic mass is 15.4. The minimum atomic E-state index is 1.01. The average Bonchev–Trinajstić information content (AvgIpc) is 2.29. The first-order valence-corrected chi connectivity index (χ1v) is 7.53. The van der Waals surface area contributed by atoms with Gasteiger partial charge in [0.15, 0.2) is 0 Å². The summed E-state index contributed by atoms with van der Waals surface area (Å²) < 4.78 is 1.37. The second kappa shape index (κ2) is 4.01. The van der Waals surface area contributed by atoms with Gasteiger partial charge in [-0.05, 0) is 44.9 Å². The molecule has 3 aliphatic rings. The maximum absolute atomic E-state index is 2.55. The van der Waals surface area contributed by atoms with Crippen LogP contribution in [0.1, 0.15) is 57.8 Å². The van der Waals surface area contributed by atoms with Crippen molar-refractivity contribution < 1.29 is 4.48 Å². The van der Waals surface area contributed by atoms with E-state index in [1.807, 2.05) is 0 Å². The molecule has 5 atom stereocenters. The van der Waals surface area contributed by atoms with Gasteiger partial charge in [0.2, 0.25) is 0 Å². The Bertz CT molecular complexity index is 234. The van der Waals surface area contributed by atoms with Gasteiger partial charge in [0.1, 0.15) is 0 Å². The number of quaternary nitrogens is 1. The van der Waals surface area contributed by atoms with Crippen LogP contribution in [-0.2, 0) is 0 Å². The van der Waals surface area contributed by atoms with E-state index in [9.17, 15) is 0 Å². The van der Waals surface area contributed by atoms with E-state index < -0.39 is 0 Å². The molecule has 2 aliphatic carbocycles. The van der Waals surface area contributed by atoms with Crippen LogP contribution in [0.25, 0.3) is 0 Å². The number of hydrogen-bond donors (Lipinski definition) is 0. The molecule has 0 radical (unpaired) electrons. The standard InChI is InChI=1S/C15H28N/c1-16(2)14-9-5-3-7-12(14)11-13-8-4-6-10-15(13)16/h12-15H,3-11H2,1-2H3/q+1/t12-,13-,14-,15+/m1/s1/i1+1/t12-,13-,14-,15+,16?. The van der Waals surface area contributed by atoms with E-state index in [4.69, 9.17) is 0 Å². The van der Waals surface area contributed by atoms with Crippen LogP contribution < -0.4 is 0 Å². The van der Waals surface area contributed by atoms with Crippen LogP contribution in [0.15, 0.2) is 0 Å². The fraction of sp³-hybridized carbons (Fsp3) is 1.00. The van der Waals surface area contributed by atoms with Crippen molar-refractivity contribution in [2.45, 2.75) is 69.9 Å². The largest absolute Gasteiger partial charge is 0.323 e. The van der Waals surface area contributed by atoms with Gasteiger partial charge >= 0.3 is 0 Å². The molecule has 1 aliphatic heterocycles. The molecule has 0 aromatic carbocycles. The number of fused-ring (bicyclic) bond motifs is 2. The number of hydrogen-bond acceptors (Lipinski definition) is 0. The van der Waals surface area contributed by atoms with E-state index in [2.05, 4.69) is 14.1 Å². The van der Waals surface area contributed by atoms with Crippen molar-refractivity contribution in [1.82, 2.24) is 0 Å². The molecular formula is C15H28N+. The van der Waals surface area contributed by atoms with Crippen LogP contribution in [0, 0.1) is 11.8 Å². The minimum absolute atomic E-state index is 1.01. The monoisotopic (exact) mass is 223 g/mol. The lowest BCUT2D eigenvalue weighted by molar-refractivity contribution is -0.954. The Labute approximate surface area is 101 Å². The van der Waals surface area contributed by atoms with Crippen LogP contribution in [-0.4, -0.2) is 30.7 Å². The van der Waals surface area contributed by atoms with Crippen molar-refractivity contribution in [3.63, 3.8) is 0 Å². The van der Waals surface area contributed by atoms with Crippen molar-refractivity contribution in [2.75, 3.05) is 14.1 Å². The third-order valence-electron chi connectivity index (χ3n) is 6.05. The summed E-state index contributed by atoms with van der Waals surface area (Å²) in [5.74, 6) is 2.14. The Morgan fingerprint density at radius 2 is 1.12 bits per heavy atom. The summed E-state index contributed by atoms with van der Waals surface area (Å²) in [6, 6.07) is 2.01.